The number of ether oxygens (including phenoxy) is 1. The highest BCUT2D eigenvalue weighted by Crippen LogP contribution is 2.40. The van der Waals surface area contributed by atoms with E-state index in [2.05, 4.69) is 14.6 Å². The fourth-order valence-electron chi connectivity index (χ4n) is 4.39. The molecule has 3 aliphatic rings. The molecule has 1 N–H and O–H groups in total. The molecule has 1 aromatic rings. The van der Waals surface area contributed by atoms with E-state index < -0.39 is 29.6 Å². The highest BCUT2D eigenvalue weighted by molar-refractivity contribution is 6.07. The molecule has 4 rings (SSSR count). The molecule has 3 saturated heterocycles. The minimum atomic E-state index is -0.878. The lowest BCUT2D eigenvalue weighted by Gasteiger charge is -2.58. The lowest BCUT2D eigenvalue weighted by atomic mass is 9.82. The van der Waals surface area contributed by atoms with Crippen molar-refractivity contribution in [2.24, 2.45) is 0 Å². The number of aliphatic hydroxyl groups excluding tert-OH is 1. The van der Waals surface area contributed by atoms with Gasteiger partial charge in [-0.05, 0) is 24.1 Å². The number of aromatic nitrogens is 1. The van der Waals surface area contributed by atoms with Gasteiger partial charge in [0.25, 0.3) is 5.91 Å². The number of piperazine rings is 1. The van der Waals surface area contributed by atoms with Crippen molar-refractivity contribution < 1.29 is 24.2 Å². The van der Waals surface area contributed by atoms with Crippen LogP contribution < -0.4 is 0 Å². The molecule has 3 fully saturated rings. The van der Waals surface area contributed by atoms with Crippen molar-refractivity contribution in [1.29, 1.82) is 0 Å². The Kier molecular flexibility index (Phi) is 4.45. The monoisotopic (exact) mass is 374 g/mol. The van der Waals surface area contributed by atoms with Crippen molar-refractivity contribution in [3.8, 4) is 0 Å². The van der Waals surface area contributed by atoms with E-state index in [9.17, 15) is 19.5 Å². The second kappa shape index (κ2) is 6.66. The van der Waals surface area contributed by atoms with Gasteiger partial charge in [-0.1, -0.05) is 0 Å². The Balaban J connectivity index is 1.56. The molecule has 0 aliphatic carbocycles. The van der Waals surface area contributed by atoms with E-state index >= 15 is 0 Å². The largest absolute Gasteiger partial charge is 0.468 e. The highest BCUT2D eigenvalue weighted by Gasteiger charge is 2.64. The first-order valence-corrected chi connectivity index (χ1v) is 8.93. The Morgan fingerprint density at radius 1 is 1.33 bits per heavy atom. The molecule has 0 saturated carbocycles. The minimum absolute atomic E-state index is 0.274. The van der Waals surface area contributed by atoms with E-state index in [1.165, 1.54) is 7.11 Å². The molecule has 0 aromatic carbocycles. The second-order valence-corrected chi connectivity index (χ2v) is 7.40. The number of fused-ring (bicyclic) bond motifs is 2. The van der Waals surface area contributed by atoms with Gasteiger partial charge in [0, 0.05) is 38.6 Å². The quantitative estimate of drug-likeness (QED) is 0.508. The van der Waals surface area contributed by atoms with Gasteiger partial charge in [0.1, 0.15) is 12.1 Å². The number of hydrogen-bond acceptors (Lipinski definition) is 8. The number of rotatable bonds is 4. The summed E-state index contributed by atoms with van der Waals surface area (Å²) in [6, 6.07) is 3.26. The molecule has 4 heterocycles. The van der Waals surface area contributed by atoms with Crippen LogP contribution in [-0.4, -0.2) is 93.5 Å². The molecule has 9 nitrogen and oxygen atoms in total. The lowest BCUT2D eigenvalue weighted by molar-refractivity contribution is -0.183. The number of esters is 1. The Hall–Kier alpha value is -2.36. The zero-order chi connectivity index (χ0) is 19.2. The van der Waals surface area contributed by atoms with Crippen molar-refractivity contribution in [1.82, 2.24) is 19.7 Å². The highest BCUT2D eigenvalue weighted by atomic mass is 16.5. The summed E-state index contributed by atoms with van der Waals surface area (Å²) in [5.74, 6) is -1.44. The van der Waals surface area contributed by atoms with Gasteiger partial charge in [0.05, 0.1) is 19.3 Å². The zero-order valence-electron chi connectivity index (χ0n) is 15.1. The molecular formula is C18H22N4O5. The van der Waals surface area contributed by atoms with Gasteiger partial charge < -0.3 is 9.84 Å². The van der Waals surface area contributed by atoms with E-state index in [1.54, 1.807) is 12.4 Å². The van der Waals surface area contributed by atoms with Crippen LogP contribution in [0.1, 0.15) is 12.0 Å². The van der Waals surface area contributed by atoms with E-state index in [4.69, 9.17) is 0 Å². The van der Waals surface area contributed by atoms with E-state index in [1.807, 2.05) is 17.0 Å². The Labute approximate surface area is 156 Å². The van der Waals surface area contributed by atoms with Gasteiger partial charge in [-0.15, -0.1) is 0 Å². The summed E-state index contributed by atoms with van der Waals surface area (Å²) in [6.45, 7) is 1.46. The SMILES string of the molecule is COC(=O)CN1C(=O)C2CC(O)CN2C2(CN(Cc3ccncc3)C2)C1=O. The molecule has 1 aromatic heterocycles. The van der Waals surface area contributed by atoms with Crippen LogP contribution >= 0.6 is 0 Å². The number of aliphatic hydroxyl groups is 1. The first kappa shape index (κ1) is 18.0. The molecule has 144 valence electrons. The number of likely N-dealkylation sites (tertiary alicyclic amines) is 1. The third-order valence-corrected chi connectivity index (χ3v) is 5.66. The summed E-state index contributed by atoms with van der Waals surface area (Å²) in [5, 5.41) is 10.1. The molecular weight excluding hydrogens is 352 g/mol. The molecule has 1 spiro atoms. The van der Waals surface area contributed by atoms with Gasteiger partial charge in [-0.3, -0.25) is 34.1 Å². The summed E-state index contributed by atoms with van der Waals surface area (Å²) >= 11 is 0. The van der Waals surface area contributed by atoms with Gasteiger partial charge in [-0.25, -0.2) is 0 Å². The summed E-state index contributed by atoms with van der Waals surface area (Å²) in [4.78, 5) is 46.6. The summed E-state index contributed by atoms with van der Waals surface area (Å²) in [5.41, 5.74) is 0.209. The standard InChI is InChI=1S/C18H22N4O5/c1-27-15(24)9-21-16(25)14-6-13(23)8-22(14)18(17(21)26)10-20(11-18)7-12-2-4-19-5-3-12/h2-5,13-14,23H,6-11H2,1H3. The van der Waals surface area contributed by atoms with Crippen LogP contribution in [0, 0.1) is 0 Å². The number of pyridine rings is 1. The van der Waals surface area contributed by atoms with Crippen molar-refractivity contribution in [2.45, 2.75) is 30.7 Å². The van der Waals surface area contributed by atoms with E-state index in [0.29, 0.717) is 19.6 Å². The fourth-order valence-corrected chi connectivity index (χ4v) is 4.39. The smallest absolute Gasteiger partial charge is 0.325 e. The summed E-state index contributed by atoms with van der Waals surface area (Å²) < 4.78 is 4.64. The predicted octanol–water partition coefficient (Wildman–Crippen LogP) is -1.39. The van der Waals surface area contributed by atoms with Crippen molar-refractivity contribution >= 4 is 17.8 Å². The van der Waals surface area contributed by atoms with Crippen molar-refractivity contribution in [2.75, 3.05) is 33.3 Å². The molecule has 2 amide bonds. The first-order valence-electron chi connectivity index (χ1n) is 8.93. The predicted molar refractivity (Wildman–Crippen MR) is 92.1 cm³/mol. The second-order valence-electron chi connectivity index (χ2n) is 7.40. The first-order chi connectivity index (χ1) is 12.9. The maximum absolute atomic E-state index is 13.2. The maximum atomic E-state index is 13.2. The molecule has 3 aliphatic heterocycles. The number of nitrogens with zero attached hydrogens (tertiary/aromatic N) is 4. The number of methoxy groups -OCH3 is 1. The number of hydrogen-bond donors (Lipinski definition) is 1. The number of carbonyl (C=O) groups excluding carboxylic acids is 3. The molecule has 9 heteroatoms. The third-order valence-electron chi connectivity index (χ3n) is 5.66. The molecule has 0 bridgehead atoms. The van der Waals surface area contributed by atoms with Crippen LogP contribution in [0.4, 0.5) is 0 Å². The minimum Gasteiger partial charge on any atom is -0.468 e. The van der Waals surface area contributed by atoms with E-state index in [-0.39, 0.29) is 25.4 Å². The van der Waals surface area contributed by atoms with Crippen LogP contribution in [0.15, 0.2) is 24.5 Å². The van der Waals surface area contributed by atoms with E-state index in [0.717, 1.165) is 10.5 Å². The van der Waals surface area contributed by atoms with Gasteiger partial charge in [0.2, 0.25) is 5.91 Å². The van der Waals surface area contributed by atoms with Gasteiger partial charge in [0.15, 0.2) is 0 Å². The third kappa shape index (κ3) is 2.91. The summed E-state index contributed by atoms with van der Waals surface area (Å²) in [6.07, 6.45) is 3.06. The van der Waals surface area contributed by atoms with Crippen LogP contribution in [0.3, 0.4) is 0 Å². The van der Waals surface area contributed by atoms with Crippen LogP contribution in [0.5, 0.6) is 0 Å². The van der Waals surface area contributed by atoms with Gasteiger partial charge >= 0.3 is 5.97 Å². The lowest BCUT2D eigenvalue weighted by Crippen LogP contribution is -2.81. The Bertz CT molecular complexity index is 764. The van der Waals surface area contributed by atoms with Gasteiger partial charge in [-0.2, -0.15) is 0 Å². The summed E-state index contributed by atoms with van der Waals surface area (Å²) in [7, 11) is 1.22. The zero-order valence-corrected chi connectivity index (χ0v) is 15.1. The van der Waals surface area contributed by atoms with Crippen molar-refractivity contribution in [3.05, 3.63) is 30.1 Å². The average molecular weight is 374 g/mol. The Morgan fingerprint density at radius 2 is 2.04 bits per heavy atom. The molecule has 2 unspecified atom stereocenters. The van der Waals surface area contributed by atoms with Crippen LogP contribution in [0.2, 0.25) is 0 Å². The molecule has 2 atom stereocenters. The average Bonchev–Trinajstić information content (AvgIpc) is 3.03. The van der Waals surface area contributed by atoms with Crippen LogP contribution in [-0.2, 0) is 25.7 Å². The fraction of sp³-hybridized carbons (Fsp3) is 0.556. The Morgan fingerprint density at radius 3 is 2.70 bits per heavy atom. The number of β-amino-alcohol motifs (C(OH)–C–C–N with tert-alkyl or cyclic N) is 1. The van der Waals surface area contributed by atoms with Crippen LogP contribution in [0.25, 0.3) is 0 Å². The number of carbonyl (C=O) groups is 3. The topological polar surface area (TPSA) is 103 Å². The maximum Gasteiger partial charge on any atom is 0.325 e. The normalized spacial score (nSPS) is 27.6. The van der Waals surface area contributed by atoms with Crippen molar-refractivity contribution in [3.63, 3.8) is 0 Å². The molecule has 0 radical (unpaired) electrons. The number of imide groups is 1. The number of amides is 2. The molecule has 27 heavy (non-hydrogen) atoms.